The third-order valence-corrected chi connectivity index (χ3v) is 2.64. The first-order valence-corrected chi connectivity index (χ1v) is 5.89. The Balaban J connectivity index is 0.000000514. The van der Waals surface area contributed by atoms with Crippen molar-refractivity contribution < 1.29 is 0 Å². The fourth-order valence-electron chi connectivity index (χ4n) is 1.93. The number of nitrogens with zero attached hydrogens (tertiary/aromatic N) is 1. The summed E-state index contributed by atoms with van der Waals surface area (Å²) in [4.78, 5) is 4.38. The van der Waals surface area contributed by atoms with E-state index in [0.29, 0.717) is 5.82 Å². The minimum absolute atomic E-state index is 0.601. The van der Waals surface area contributed by atoms with Crippen molar-refractivity contribution in [1.29, 1.82) is 0 Å². The molecule has 2 heteroatoms. The van der Waals surface area contributed by atoms with Crippen LogP contribution < -0.4 is 5.73 Å². The van der Waals surface area contributed by atoms with E-state index >= 15 is 0 Å². The molecule has 17 heavy (non-hydrogen) atoms. The summed E-state index contributed by atoms with van der Waals surface area (Å²) in [6.07, 6.45) is 0. The fraction of sp³-hybridized carbons (Fsp3) is 0.133. The predicted octanol–water partition coefficient (Wildman–Crippen LogP) is 4.00. The third-order valence-electron chi connectivity index (χ3n) is 2.64. The number of anilines is 1. The van der Waals surface area contributed by atoms with Crippen molar-refractivity contribution in [2.24, 2.45) is 0 Å². The Morgan fingerprint density at radius 3 is 2.00 bits per heavy atom. The normalized spacial score (nSPS) is 10.0. The van der Waals surface area contributed by atoms with Crippen LogP contribution in [0.2, 0.25) is 0 Å². The van der Waals surface area contributed by atoms with Gasteiger partial charge in [-0.2, -0.15) is 0 Å². The molecular formula is C15H16N2. The molecule has 3 aromatic rings. The van der Waals surface area contributed by atoms with Gasteiger partial charge in [0.2, 0.25) is 0 Å². The molecule has 0 fully saturated rings. The van der Waals surface area contributed by atoms with Gasteiger partial charge >= 0.3 is 0 Å². The zero-order valence-electron chi connectivity index (χ0n) is 10.1. The highest BCUT2D eigenvalue weighted by Crippen LogP contribution is 2.26. The molecule has 0 aliphatic rings. The van der Waals surface area contributed by atoms with E-state index in [1.807, 2.05) is 50.2 Å². The van der Waals surface area contributed by atoms with Crippen LogP contribution in [0.1, 0.15) is 13.8 Å². The summed E-state index contributed by atoms with van der Waals surface area (Å²) >= 11 is 0. The largest absolute Gasteiger partial charge is 0.383 e. The summed E-state index contributed by atoms with van der Waals surface area (Å²) in [5, 5.41) is 3.35. The minimum atomic E-state index is 0.601. The Kier molecular flexibility index (Phi) is 3.24. The number of pyridine rings is 1. The quantitative estimate of drug-likeness (QED) is 0.586. The molecule has 0 radical (unpaired) electrons. The molecular weight excluding hydrogens is 208 g/mol. The Labute approximate surface area is 101 Å². The monoisotopic (exact) mass is 224 g/mol. The Hall–Kier alpha value is -2.09. The number of fused-ring (bicyclic) bond motifs is 3. The van der Waals surface area contributed by atoms with E-state index in [2.05, 4.69) is 17.1 Å². The van der Waals surface area contributed by atoms with E-state index in [1.54, 1.807) is 0 Å². The molecule has 0 aliphatic heterocycles. The number of hydrogen-bond acceptors (Lipinski definition) is 2. The second-order valence-corrected chi connectivity index (χ2v) is 3.56. The number of hydrogen-bond donors (Lipinski definition) is 1. The molecule has 1 heterocycles. The van der Waals surface area contributed by atoms with E-state index in [4.69, 9.17) is 5.73 Å². The Bertz CT molecular complexity index is 645. The molecule has 3 rings (SSSR count). The number of aromatic nitrogens is 1. The number of benzene rings is 2. The van der Waals surface area contributed by atoms with E-state index in [0.717, 1.165) is 16.3 Å². The van der Waals surface area contributed by atoms with Gasteiger partial charge in [-0.25, -0.2) is 4.98 Å². The van der Waals surface area contributed by atoms with Crippen molar-refractivity contribution in [2.75, 3.05) is 5.73 Å². The molecule has 0 amide bonds. The summed E-state index contributed by atoms with van der Waals surface area (Å²) in [5.74, 6) is 0.601. The van der Waals surface area contributed by atoms with Crippen LogP contribution in [-0.2, 0) is 0 Å². The zero-order valence-corrected chi connectivity index (χ0v) is 10.1. The fourth-order valence-corrected chi connectivity index (χ4v) is 1.93. The Morgan fingerprint density at radius 2 is 1.29 bits per heavy atom. The van der Waals surface area contributed by atoms with Crippen LogP contribution >= 0.6 is 0 Å². The molecule has 0 bridgehead atoms. The number of para-hydroxylation sites is 1. The van der Waals surface area contributed by atoms with Crippen LogP contribution in [0.4, 0.5) is 5.82 Å². The molecule has 1 aromatic heterocycles. The van der Waals surface area contributed by atoms with Gasteiger partial charge in [0.1, 0.15) is 5.82 Å². The summed E-state index contributed by atoms with van der Waals surface area (Å²) < 4.78 is 0. The van der Waals surface area contributed by atoms with Crippen LogP contribution in [0.3, 0.4) is 0 Å². The molecule has 0 saturated heterocycles. The van der Waals surface area contributed by atoms with Crippen molar-refractivity contribution in [3.8, 4) is 0 Å². The molecule has 0 spiro atoms. The Morgan fingerprint density at radius 1 is 0.765 bits per heavy atom. The lowest BCUT2D eigenvalue weighted by Gasteiger charge is -2.05. The number of nitrogens with two attached hydrogens (primary N) is 1. The maximum Gasteiger partial charge on any atom is 0.131 e. The SMILES string of the molecule is CC.Nc1nc2ccccc2c2ccccc12. The molecule has 2 nitrogen and oxygen atoms in total. The first-order chi connectivity index (χ1) is 8.36. The third kappa shape index (κ3) is 1.94. The van der Waals surface area contributed by atoms with Crippen LogP contribution in [0.15, 0.2) is 48.5 Å². The first kappa shape index (κ1) is 11.4. The van der Waals surface area contributed by atoms with Gasteiger partial charge in [-0.05, 0) is 11.5 Å². The van der Waals surface area contributed by atoms with E-state index < -0.39 is 0 Å². The lowest BCUT2D eigenvalue weighted by Crippen LogP contribution is -1.92. The maximum absolute atomic E-state index is 5.91. The standard InChI is InChI=1S/C13H10N2.C2H6/c14-13-11-7-2-1-5-9(11)10-6-3-4-8-12(10)15-13;1-2/h1-8H,(H2,14,15);1-2H3. The van der Waals surface area contributed by atoms with Gasteiger partial charge in [0.15, 0.2) is 0 Å². The predicted molar refractivity (Wildman–Crippen MR) is 75.0 cm³/mol. The summed E-state index contributed by atoms with van der Waals surface area (Å²) in [5.41, 5.74) is 6.86. The molecule has 0 unspecified atom stereocenters. The highest BCUT2D eigenvalue weighted by atomic mass is 14.8. The number of rotatable bonds is 0. The van der Waals surface area contributed by atoms with Gasteiger partial charge in [0, 0.05) is 10.8 Å². The summed E-state index contributed by atoms with van der Waals surface area (Å²) in [6.45, 7) is 4.00. The second kappa shape index (κ2) is 4.83. The van der Waals surface area contributed by atoms with Gasteiger partial charge in [-0.1, -0.05) is 56.3 Å². The van der Waals surface area contributed by atoms with Crippen molar-refractivity contribution in [1.82, 2.24) is 4.98 Å². The van der Waals surface area contributed by atoms with Crippen LogP contribution in [-0.4, -0.2) is 4.98 Å². The van der Waals surface area contributed by atoms with Gasteiger partial charge in [-0.3, -0.25) is 0 Å². The van der Waals surface area contributed by atoms with Crippen molar-refractivity contribution >= 4 is 27.5 Å². The summed E-state index contributed by atoms with van der Waals surface area (Å²) in [6, 6.07) is 16.1. The topological polar surface area (TPSA) is 38.9 Å². The van der Waals surface area contributed by atoms with Gasteiger partial charge < -0.3 is 5.73 Å². The van der Waals surface area contributed by atoms with Gasteiger partial charge in [0.05, 0.1) is 5.52 Å². The minimum Gasteiger partial charge on any atom is -0.383 e. The molecule has 0 saturated carbocycles. The highest BCUT2D eigenvalue weighted by Gasteiger charge is 2.03. The zero-order chi connectivity index (χ0) is 12.3. The average molecular weight is 224 g/mol. The van der Waals surface area contributed by atoms with E-state index in [1.165, 1.54) is 5.39 Å². The lowest BCUT2D eigenvalue weighted by atomic mass is 10.1. The number of nitrogen functional groups attached to an aromatic ring is 1. The van der Waals surface area contributed by atoms with Crippen molar-refractivity contribution in [3.05, 3.63) is 48.5 Å². The van der Waals surface area contributed by atoms with Crippen LogP contribution in [0.5, 0.6) is 0 Å². The first-order valence-electron chi connectivity index (χ1n) is 5.89. The van der Waals surface area contributed by atoms with Gasteiger partial charge in [-0.15, -0.1) is 0 Å². The molecule has 2 N–H and O–H groups in total. The molecule has 0 aliphatic carbocycles. The van der Waals surface area contributed by atoms with Crippen LogP contribution in [0.25, 0.3) is 21.7 Å². The lowest BCUT2D eigenvalue weighted by molar-refractivity contribution is 1.44. The van der Waals surface area contributed by atoms with Crippen LogP contribution in [0, 0.1) is 0 Å². The second-order valence-electron chi connectivity index (χ2n) is 3.56. The molecule has 2 aromatic carbocycles. The van der Waals surface area contributed by atoms with Crippen molar-refractivity contribution in [2.45, 2.75) is 13.8 Å². The highest BCUT2D eigenvalue weighted by molar-refractivity contribution is 6.09. The maximum atomic E-state index is 5.91. The van der Waals surface area contributed by atoms with E-state index in [-0.39, 0.29) is 0 Å². The van der Waals surface area contributed by atoms with E-state index in [9.17, 15) is 0 Å². The average Bonchev–Trinajstić information content (AvgIpc) is 2.42. The molecule has 0 atom stereocenters. The summed E-state index contributed by atoms with van der Waals surface area (Å²) in [7, 11) is 0. The van der Waals surface area contributed by atoms with Gasteiger partial charge in [0.25, 0.3) is 0 Å². The van der Waals surface area contributed by atoms with Crippen molar-refractivity contribution in [3.63, 3.8) is 0 Å². The molecule has 86 valence electrons. The smallest absolute Gasteiger partial charge is 0.131 e.